The van der Waals surface area contributed by atoms with E-state index in [9.17, 15) is 9.90 Å². The van der Waals surface area contributed by atoms with Crippen LogP contribution in [0.3, 0.4) is 0 Å². The highest BCUT2D eigenvalue weighted by Crippen LogP contribution is 2.16. The van der Waals surface area contributed by atoms with Gasteiger partial charge in [-0.05, 0) is 31.6 Å². The van der Waals surface area contributed by atoms with Gasteiger partial charge in [0.05, 0.1) is 12.7 Å². The molecule has 0 aromatic rings. The fraction of sp³-hybridized carbons (Fsp3) is 0.917. The maximum atomic E-state index is 11.2. The van der Waals surface area contributed by atoms with Gasteiger partial charge in [0.25, 0.3) is 0 Å². The number of aliphatic hydroxyl groups is 1. The maximum Gasteiger partial charge on any atom is 0.306 e. The highest BCUT2D eigenvalue weighted by molar-refractivity contribution is 5.69. The average Bonchev–Trinajstić information content (AvgIpc) is 2.00. The summed E-state index contributed by atoms with van der Waals surface area (Å²) < 4.78 is 4.85. The van der Waals surface area contributed by atoms with Crippen molar-refractivity contribution in [3.63, 3.8) is 0 Å². The van der Waals surface area contributed by atoms with E-state index < -0.39 is 0 Å². The molecule has 90 valence electrons. The Morgan fingerprint density at radius 2 is 1.87 bits per heavy atom. The van der Waals surface area contributed by atoms with Crippen LogP contribution in [0.25, 0.3) is 0 Å². The molecule has 0 rings (SSSR count). The Balaban J connectivity index is 3.72. The molecule has 3 heteroatoms. The highest BCUT2D eigenvalue weighted by atomic mass is 16.5. The lowest BCUT2D eigenvalue weighted by atomic mass is 9.95. The van der Waals surface area contributed by atoms with Gasteiger partial charge in [-0.3, -0.25) is 4.79 Å². The lowest BCUT2D eigenvalue weighted by Crippen LogP contribution is -2.17. The van der Waals surface area contributed by atoms with E-state index in [1.54, 1.807) is 6.92 Å². The molecule has 0 unspecified atom stereocenters. The van der Waals surface area contributed by atoms with Crippen LogP contribution in [0.1, 0.15) is 47.0 Å². The molecule has 0 aromatic heterocycles. The topological polar surface area (TPSA) is 46.5 Å². The molecule has 0 aliphatic heterocycles. The summed E-state index contributed by atoms with van der Waals surface area (Å²) in [5, 5.41) is 9.68. The van der Waals surface area contributed by atoms with E-state index in [0.717, 1.165) is 6.42 Å². The third-order valence-electron chi connectivity index (χ3n) is 2.24. The van der Waals surface area contributed by atoms with Crippen molar-refractivity contribution in [2.24, 2.45) is 11.8 Å². The van der Waals surface area contributed by atoms with Crippen LogP contribution in [-0.4, -0.2) is 23.8 Å². The molecule has 0 heterocycles. The summed E-state index contributed by atoms with van der Waals surface area (Å²) in [6, 6.07) is 0. The van der Waals surface area contributed by atoms with E-state index in [-0.39, 0.29) is 18.0 Å². The van der Waals surface area contributed by atoms with Crippen LogP contribution in [0.4, 0.5) is 0 Å². The van der Waals surface area contributed by atoms with Gasteiger partial charge in [0, 0.05) is 6.42 Å². The number of carbonyl (C=O) groups excluding carboxylic acids is 1. The predicted molar refractivity (Wildman–Crippen MR) is 60.5 cm³/mol. The molecule has 0 saturated carbocycles. The van der Waals surface area contributed by atoms with Gasteiger partial charge in [-0.25, -0.2) is 0 Å². The van der Waals surface area contributed by atoms with Gasteiger partial charge in [0.15, 0.2) is 0 Å². The summed E-state index contributed by atoms with van der Waals surface area (Å²) >= 11 is 0. The van der Waals surface area contributed by atoms with E-state index in [1.807, 2.05) is 6.92 Å². The minimum absolute atomic E-state index is 0.165. The van der Waals surface area contributed by atoms with E-state index in [4.69, 9.17) is 4.74 Å². The van der Waals surface area contributed by atoms with Crippen LogP contribution in [-0.2, 0) is 9.53 Å². The Labute approximate surface area is 92.8 Å². The summed E-state index contributed by atoms with van der Waals surface area (Å²) in [5.41, 5.74) is 0. The molecule has 0 bridgehead atoms. The second-order valence-electron chi connectivity index (χ2n) is 4.63. The van der Waals surface area contributed by atoms with Gasteiger partial charge >= 0.3 is 5.97 Å². The predicted octanol–water partition coefficient (Wildman–Crippen LogP) is 2.37. The van der Waals surface area contributed by atoms with Crippen LogP contribution < -0.4 is 0 Å². The average molecular weight is 216 g/mol. The third kappa shape index (κ3) is 8.43. The van der Waals surface area contributed by atoms with Crippen molar-refractivity contribution in [3.8, 4) is 0 Å². The van der Waals surface area contributed by atoms with Crippen molar-refractivity contribution in [2.45, 2.75) is 53.1 Å². The first-order valence-electron chi connectivity index (χ1n) is 5.79. The summed E-state index contributed by atoms with van der Waals surface area (Å²) in [6.45, 7) is 8.37. The van der Waals surface area contributed by atoms with Gasteiger partial charge in [0.1, 0.15) is 0 Å². The Bertz CT molecular complexity index is 178. The van der Waals surface area contributed by atoms with Crippen molar-refractivity contribution >= 4 is 5.97 Å². The quantitative estimate of drug-likeness (QED) is 0.665. The summed E-state index contributed by atoms with van der Waals surface area (Å²) in [7, 11) is 0. The van der Waals surface area contributed by atoms with Crippen molar-refractivity contribution in [2.75, 3.05) is 6.61 Å². The van der Waals surface area contributed by atoms with Gasteiger partial charge in [-0.2, -0.15) is 0 Å². The molecule has 0 radical (unpaired) electrons. The number of hydrogen-bond donors (Lipinski definition) is 1. The van der Waals surface area contributed by atoms with Crippen LogP contribution in [0.2, 0.25) is 0 Å². The molecule has 2 atom stereocenters. The van der Waals surface area contributed by atoms with E-state index >= 15 is 0 Å². The number of rotatable bonds is 7. The van der Waals surface area contributed by atoms with Crippen LogP contribution in [0.5, 0.6) is 0 Å². The molecule has 0 saturated heterocycles. The fourth-order valence-corrected chi connectivity index (χ4v) is 1.69. The van der Waals surface area contributed by atoms with E-state index in [2.05, 4.69) is 13.8 Å². The van der Waals surface area contributed by atoms with Crippen molar-refractivity contribution in [3.05, 3.63) is 0 Å². The minimum Gasteiger partial charge on any atom is -0.466 e. The van der Waals surface area contributed by atoms with Crippen LogP contribution in [0.15, 0.2) is 0 Å². The first-order valence-corrected chi connectivity index (χ1v) is 5.79. The summed E-state index contributed by atoms with van der Waals surface area (Å²) in [5.74, 6) is 0.523. The first kappa shape index (κ1) is 14.4. The minimum atomic E-state index is -0.297. The second kappa shape index (κ2) is 7.69. The van der Waals surface area contributed by atoms with Crippen molar-refractivity contribution in [1.29, 1.82) is 0 Å². The summed E-state index contributed by atoms with van der Waals surface area (Å²) in [4.78, 5) is 11.2. The fourth-order valence-electron chi connectivity index (χ4n) is 1.69. The second-order valence-corrected chi connectivity index (χ2v) is 4.63. The van der Waals surface area contributed by atoms with Gasteiger partial charge < -0.3 is 9.84 Å². The summed E-state index contributed by atoms with van der Waals surface area (Å²) in [6.07, 6.45) is 1.59. The zero-order chi connectivity index (χ0) is 11.8. The van der Waals surface area contributed by atoms with Crippen LogP contribution in [0, 0.1) is 11.8 Å². The lowest BCUT2D eigenvalue weighted by molar-refractivity contribution is -0.144. The van der Waals surface area contributed by atoms with Crippen molar-refractivity contribution in [1.82, 2.24) is 0 Å². The Morgan fingerprint density at radius 1 is 1.27 bits per heavy atom. The van der Waals surface area contributed by atoms with E-state index in [1.165, 1.54) is 0 Å². The van der Waals surface area contributed by atoms with Gasteiger partial charge in [0.2, 0.25) is 0 Å². The number of hydrogen-bond acceptors (Lipinski definition) is 3. The molecule has 0 spiro atoms. The number of aliphatic hydroxyl groups excluding tert-OH is 1. The molecule has 0 aliphatic carbocycles. The zero-order valence-electron chi connectivity index (χ0n) is 10.3. The lowest BCUT2D eigenvalue weighted by Gasteiger charge is -2.17. The molecule has 0 amide bonds. The Hall–Kier alpha value is -0.570. The molecule has 0 aromatic carbocycles. The molecule has 15 heavy (non-hydrogen) atoms. The van der Waals surface area contributed by atoms with Crippen molar-refractivity contribution < 1.29 is 14.6 Å². The monoisotopic (exact) mass is 216 g/mol. The zero-order valence-corrected chi connectivity index (χ0v) is 10.3. The largest absolute Gasteiger partial charge is 0.466 e. The normalized spacial score (nSPS) is 15.1. The number of carbonyl (C=O) groups is 1. The Kier molecular flexibility index (Phi) is 7.39. The molecule has 3 nitrogen and oxygen atoms in total. The molecular formula is C12H24O3. The molecule has 1 N–H and O–H groups in total. The number of ether oxygens (including phenoxy) is 1. The molecule has 0 aliphatic rings. The first-order chi connectivity index (χ1) is 6.95. The molecule has 0 fully saturated rings. The van der Waals surface area contributed by atoms with Gasteiger partial charge in [-0.1, -0.05) is 20.8 Å². The third-order valence-corrected chi connectivity index (χ3v) is 2.24. The SMILES string of the molecule is CCOC(=O)C[C@@H](C)C[C@H](O)CC(C)C. The number of esters is 1. The van der Waals surface area contributed by atoms with E-state index in [0.29, 0.717) is 25.4 Å². The standard InChI is InChI=1S/C12H24O3/c1-5-15-12(14)8-10(4)7-11(13)6-9(2)3/h9-11,13H,5-8H2,1-4H3/t10-,11+/m0/s1. The smallest absolute Gasteiger partial charge is 0.306 e. The highest BCUT2D eigenvalue weighted by Gasteiger charge is 2.15. The maximum absolute atomic E-state index is 11.2. The Morgan fingerprint density at radius 3 is 2.33 bits per heavy atom. The van der Waals surface area contributed by atoms with Crippen LogP contribution >= 0.6 is 0 Å². The molecular weight excluding hydrogens is 192 g/mol. The van der Waals surface area contributed by atoms with Gasteiger partial charge in [-0.15, -0.1) is 0 Å².